The molecule has 6 heteroatoms. The van der Waals surface area contributed by atoms with E-state index in [4.69, 9.17) is 0 Å². The van der Waals surface area contributed by atoms with Gasteiger partial charge in [-0.15, -0.1) is 0 Å². The molecule has 5 nitrogen and oxygen atoms in total. The van der Waals surface area contributed by atoms with Crippen molar-refractivity contribution < 1.29 is 14.0 Å². The number of nitrogens with one attached hydrogen (secondary N) is 1. The van der Waals surface area contributed by atoms with Crippen molar-refractivity contribution in [3.8, 4) is 0 Å². The third-order valence-electron chi connectivity index (χ3n) is 4.88. The van der Waals surface area contributed by atoms with Crippen molar-refractivity contribution in [2.75, 3.05) is 26.2 Å². The average molecular weight is 363 g/mol. The first-order valence-corrected chi connectivity index (χ1v) is 9.37. The van der Waals surface area contributed by atoms with E-state index in [1.165, 1.54) is 19.1 Å². The molecule has 1 heterocycles. The van der Waals surface area contributed by atoms with Crippen LogP contribution in [0.15, 0.2) is 24.3 Å². The van der Waals surface area contributed by atoms with Crippen LogP contribution in [-0.2, 0) is 16.1 Å². The number of hydrogen-bond donors (Lipinski definition) is 1. The molecule has 144 valence electrons. The average Bonchev–Trinajstić information content (AvgIpc) is 2.79. The van der Waals surface area contributed by atoms with E-state index in [0.29, 0.717) is 25.4 Å². The Morgan fingerprint density at radius 1 is 1.23 bits per heavy atom. The van der Waals surface area contributed by atoms with Gasteiger partial charge in [0, 0.05) is 52.1 Å². The molecular weight excluding hydrogens is 333 g/mol. The largest absolute Gasteiger partial charge is 0.356 e. The minimum absolute atomic E-state index is 0.0908. The molecule has 0 bridgehead atoms. The molecule has 1 unspecified atom stereocenters. The minimum Gasteiger partial charge on any atom is -0.356 e. The number of nitrogens with zero attached hydrogens (tertiary/aromatic N) is 2. The summed E-state index contributed by atoms with van der Waals surface area (Å²) in [5.74, 6) is 0.160. The van der Waals surface area contributed by atoms with Gasteiger partial charge in [0.2, 0.25) is 11.8 Å². The number of carbonyl (C=O) groups is 2. The molecule has 1 atom stereocenters. The van der Waals surface area contributed by atoms with Crippen LogP contribution in [-0.4, -0.2) is 53.8 Å². The SMILES string of the molecule is CC(=O)NCCC(=O)N1CCCN(Cc2ccc(F)cc2)C(C(C)C)C1. The van der Waals surface area contributed by atoms with Gasteiger partial charge in [-0.3, -0.25) is 14.5 Å². The lowest BCUT2D eigenvalue weighted by molar-refractivity contribution is -0.131. The Hall–Kier alpha value is -1.95. The first-order chi connectivity index (χ1) is 12.4. The molecule has 0 radical (unpaired) electrons. The summed E-state index contributed by atoms with van der Waals surface area (Å²) in [6.45, 7) is 9.29. The quantitative estimate of drug-likeness (QED) is 0.844. The molecule has 0 saturated carbocycles. The lowest BCUT2D eigenvalue weighted by Crippen LogP contribution is -2.46. The van der Waals surface area contributed by atoms with Crippen LogP contribution in [0.25, 0.3) is 0 Å². The molecule has 26 heavy (non-hydrogen) atoms. The van der Waals surface area contributed by atoms with Crippen LogP contribution >= 0.6 is 0 Å². The molecular formula is C20H30FN3O2. The molecule has 1 aliphatic heterocycles. The topological polar surface area (TPSA) is 52.7 Å². The summed E-state index contributed by atoms with van der Waals surface area (Å²) < 4.78 is 13.1. The molecule has 2 rings (SSSR count). The standard InChI is InChI=1S/C20H30FN3O2/c1-15(2)19-14-24(20(26)9-10-22-16(3)25)12-4-11-23(19)13-17-5-7-18(21)8-6-17/h5-8,15,19H,4,9-14H2,1-3H3,(H,22,25). The van der Waals surface area contributed by atoms with E-state index in [1.54, 1.807) is 0 Å². The summed E-state index contributed by atoms with van der Waals surface area (Å²) in [6, 6.07) is 6.90. The first kappa shape index (κ1) is 20.4. The number of hydrogen-bond acceptors (Lipinski definition) is 3. The fourth-order valence-corrected chi connectivity index (χ4v) is 3.45. The van der Waals surface area contributed by atoms with Gasteiger partial charge in [-0.25, -0.2) is 4.39 Å². The second kappa shape index (κ2) is 9.67. The van der Waals surface area contributed by atoms with Crippen LogP contribution in [0.4, 0.5) is 4.39 Å². The third kappa shape index (κ3) is 6.09. The summed E-state index contributed by atoms with van der Waals surface area (Å²) in [6.07, 6.45) is 1.25. The number of amides is 2. The van der Waals surface area contributed by atoms with E-state index in [1.807, 2.05) is 17.0 Å². The van der Waals surface area contributed by atoms with Crippen LogP contribution in [0.1, 0.15) is 39.2 Å². The fraction of sp³-hybridized carbons (Fsp3) is 0.600. The van der Waals surface area contributed by atoms with Gasteiger partial charge < -0.3 is 10.2 Å². The maximum absolute atomic E-state index is 13.1. The van der Waals surface area contributed by atoms with Crippen molar-refractivity contribution in [1.29, 1.82) is 0 Å². The van der Waals surface area contributed by atoms with Crippen molar-refractivity contribution >= 4 is 11.8 Å². The Morgan fingerprint density at radius 2 is 1.92 bits per heavy atom. The van der Waals surface area contributed by atoms with Gasteiger partial charge in [0.1, 0.15) is 5.82 Å². The van der Waals surface area contributed by atoms with Gasteiger partial charge in [0.15, 0.2) is 0 Å². The van der Waals surface area contributed by atoms with Gasteiger partial charge in [-0.05, 0) is 30.0 Å². The highest BCUT2D eigenvalue weighted by Crippen LogP contribution is 2.20. The Labute approximate surface area is 155 Å². The van der Waals surface area contributed by atoms with E-state index in [0.717, 1.165) is 31.6 Å². The van der Waals surface area contributed by atoms with Gasteiger partial charge >= 0.3 is 0 Å². The predicted octanol–water partition coefficient (Wildman–Crippen LogP) is 2.41. The molecule has 2 amide bonds. The highest BCUT2D eigenvalue weighted by atomic mass is 19.1. The zero-order valence-electron chi connectivity index (χ0n) is 16.0. The molecule has 1 aromatic rings. The summed E-state index contributed by atoms with van der Waals surface area (Å²) >= 11 is 0. The highest BCUT2D eigenvalue weighted by molar-refractivity contribution is 5.78. The van der Waals surface area contributed by atoms with Crippen molar-refractivity contribution in [2.24, 2.45) is 5.92 Å². The van der Waals surface area contributed by atoms with Crippen LogP contribution in [0, 0.1) is 11.7 Å². The lowest BCUT2D eigenvalue weighted by Gasteiger charge is -2.34. The smallest absolute Gasteiger partial charge is 0.224 e. The summed E-state index contributed by atoms with van der Waals surface area (Å²) in [5, 5.41) is 2.68. The Bertz CT molecular complexity index is 604. The maximum atomic E-state index is 13.1. The first-order valence-electron chi connectivity index (χ1n) is 9.37. The van der Waals surface area contributed by atoms with Crippen LogP contribution in [0.5, 0.6) is 0 Å². The van der Waals surface area contributed by atoms with E-state index >= 15 is 0 Å². The van der Waals surface area contributed by atoms with E-state index in [9.17, 15) is 14.0 Å². The van der Waals surface area contributed by atoms with Crippen LogP contribution in [0.3, 0.4) is 0 Å². The second-order valence-electron chi connectivity index (χ2n) is 7.33. The number of rotatable bonds is 6. The molecule has 0 aliphatic carbocycles. The molecule has 1 N–H and O–H groups in total. The predicted molar refractivity (Wildman–Crippen MR) is 99.9 cm³/mol. The van der Waals surface area contributed by atoms with E-state index < -0.39 is 0 Å². The second-order valence-corrected chi connectivity index (χ2v) is 7.33. The van der Waals surface area contributed by atoms with Gasteiger partial charge in [-0.2, -0.15) is 0 Å². The normalized spacial score (nSPS) is 18.7. The highest BCUT2D eigenvalue weighted by Gasteiger charge is 2.29. The summed E-state index contributed by atoms with van der Waals surface area (Å²) in [5.41, 5.74) is 1.09. The lowest BCUT2D eigenvalue weighted by atomic mass is 10.0. The van der Waals surface area contributed by atoms with Crippen molar-refractivity contribution in [3.63, 3.8) is 0 Å². The molecule has 0 spiro atoms. The monoisotopic (exact) mass is 363 g/mol. The third-order valence-corrected chi connectivity index (χ3v) is 4.88. The molecule has 1 aliphatic rings. The Balaban J connectivity index is 2.00. The number of benzene rings is 1. The summed E-state index contributed by atoms with van der Waals surface area (Å²) in [4.78, 5) is 27.8. The molecule has 0 aromatic heterocycles. The van der Waals surface area contributed by atoms with Gasteiger partial charge in [0.05, 0.1) is 0 Å². The minimum atomic E-state index is -0.221. The van der Waals surface area contributed by atoms with E-state index in [2.05, 4.69) is 24.1 Å². The fourth-order valence-electron chi connectivity index (χ4n) is 3.45. The van der Waals surface area contributed by atoms with Crippen LogP contribution in [0.2, 0.25) is 0 Å². The number of carbonyl (C=O) groups excluding carboxylic acids is 2. The zero-order chi connectivity index (χ0) is 19.1. The zero-order valence-corrected chi connectivity index (χ0v) is 16.0. The van der Waals surface area contributed by atoms with Crippen molar-refractivity contribution in [2.45, 2.75) is 46.2 Å². The maximum Gasteiger partial charge on any atom is 0.224 e. The van der Waals surface area contributed by atoms with Gasteiger partial charge in [-0.1, -0.05) is 26.0 Å². The van der Waals surface area contributed by atoms with E-state index in [-0.39, 0.29) is 23.7 Å². The molecule has 1 saturated heterocycles. The van der Waals surface area contributed by atoms with Crippen molar-refractivity contribution in [1.82, 2.24) is 15.1 Å². The number of halogens is 1. The van der Waals surface area contributed by atoms with Crippen LogP contribution < -0.4 is 5.32 Å². The molecule has 1 aromatic carbocycles. The van der Waals surface area contributed by atoms with Crippen molar-refractivity contribution in [3.05, 3.63) is 35.6 Å². The molecule has 1 fully saturated rings. The van der Waals surface area contributed by atoms with Gasteiger partial charge in [0.25, 0.3) is 0 Å². The Kier molecular flexibility index (Phi) is 7.57. The summed E-state index contributed by atoms with van der Waals surface area (Å²) in [7, 11) is 0. The Morgan fingerprint density at radius 3 is 2.54 bits per heavy atom.